The molecule has 0 fully saturated rings. The number of hydrogen-bond acceptors (Lipinski definition) is 5. The van der Waals surface area contributed by atoms with Crippen LogP contribution in [0.5, 0.6) is 5.75 Å². The van der Waals surface area contributed by atoms with Crippen molar-refractivity contribution in [1.82, 2.24) is 0 Å². The van der Waals surface area contributed by atoms with Crippen LogP contribution in [0.4, 0.5) is 37.7 Å². The Morgan fingerprint density at radius 3 is 2.40 bits per heavy atom. The average Bonchev–Trinajstić information content (AvgIpc) is 3.25. The van der Waals surface area contributed by atoms with Crippen LogP contribution < -0.4 is 15.1 Å². The van der Waals surface area contributed by atoms with E-state index in [1.807, 2.05) is 30.3 Å². The van der Waals surface area contributed by atoms with Gasteiger partial charge in [-0.05, 0) is 29.8 Å². The smallest absolute Gasteiger partial charge is 0.423 e. The van der Waals surface area contributed by atoms with Crippen molar-refractivity contribution in [2.45, 2.75) is 24.0 Å². The second-order valence-electron chi connectivity index (χ2n) is 8.15. The Balaban J connectivity index is 1.59. The van der Waals surface area contributed by atoms with Crippen LogP contribution in [0, 0.1) is 5.92 Å². The Hall–Kier alpha value is -3.47. The van der Waals surface area contributed by atoms with Crippen molar-refractivity contribution in [2.75, 3.05) is 24.0 Å². The number of aliphatic hydroxyl groups is 1. The van der Waals surface area contributed by atoms with Crippen LogP contribution >= 0.6 is 0 Å². The van der Waals surface area contributed by atoms with Crippen LogP contribution in [0.25, 0.3) is 0 Å². The van der Waals surface area contributed by atoms with Crippen LogP contribution in [0.3, 0.4) is 0 Å². The predicted octanol–water partition coefficient (Wildman–Crippen LogP) is 5.41. The fourth-order valence-electron chi connectivity index (χ4n) is 3.97. The fraction of sp³-hybridized carbons (Fsp3) is 0.292. The van der Waals surface area contributed by atoms with Crippen molar-refractivity contribution in [3.63, 3.8) is 0 Å². The van der Waals surface area contributed by atoms with E-state index in [0.29, 0.717) is 6.07 Å². The standard InChI is InChI=1S/C24H21F6N3O2/c1-35-20-11-17(23(25,26)27)10-18(12-20)31-14-22(34,24(28,29)30)16-7-8-21-15(9-16)13-32-33(21)19-5-3-2-4-6-19/h2-13,15,21,31,34H,14H2,1H3. The maximum Gasteiger partial charge on any atom is 0.423 e. The molecule has 5 nitrogen and oxygen atoms in total. The summed E-state index contributed by atoms with van der Waals surface area (Å²) in [5, 5.41) is 19.0. The topological polar surface area (TPSA) is 57.1 Å². The number of halogens is 6. The van der Waals surface area contributed by atoms with Crippen molar-refractivity contribution < 1.29 is 36.2 Å². The van der Waals surface area contributed by atoms with Gasteiger partial charge in [0.1, 0.15) is 5.75 Å². The molecule has 0 radical (unpaired) electrons. The molecule has 35 heavy (non-hydrogen) atoms. The highest BCUT2D eigenvalue weighted by molar-refractivity contribution is 5.74. The van der Waals surface area contributed by atoms with Gasteiger partial charge in [-0.3, -0.25) is 5.01 Å². The van der Waals surface area contributed by atoms with Gasteiger partial charge < -0.3 is 15.2 Å². The average molecular weight is 497 g/mol. The number of fused-ring (bicyclic) bond motifs is 1. The number of hydrazone groups is 1. The number of rotatable bonds is 6. The number of ether oxygens (including phenoxy) is 1. The second-order valence-corrected chi connectivity index (χ2v) is 8.15. The number of anilines is 2. The Bertz CT molecular complexity index is 1160. The predicted molar refractivity (Wildman–Crippen MR) is 119 cm³/mol. The third-order valence-corrected chi connectivity index (χ3v) is 5.87. The third-order valence-electron chi connectivity index (χ3n) is 5.87. The molecule has 1 aliphatic carbocycles. The number of hydrogen-bond donors (Lipinski definition) is 2. The van der Waals surface area contributed by atoms with Crippen molar-refractivity contribution in [1.29, 1.82) is 0 Å². The largest absolute Gasteiger partial charge is 0.497 e. The molecule has 0 bridgehead atoms. The van der Waals surface area contributed by atoms with Crippen LogP contribution in [0.2, 0.25) is 0 Å². The van der Waals surface area contributed by atoms with E-state index in [2.05, 4.69) is 10.4 Å². The molecule has 0 amide bonds. The lowest BCUT2D eigenvalue weighted by atomic mass is 9.83. The van der Waals surface area contributed by atoms with Gasteiger partial charge in [0.15, 0.2) is 0 Å². The van der Waals surface area contributed by atoms with E-state index >= 15 is 0 Å². The molecular formula is C24H21F6N3O2. The van der Waals surface area contributed by atoms with Crippen molar-refractivity contribution in [3.8, 4) is 5.75 Å². The lowest BCUT2D eigenvalue weighted by Gasteiger charge is -2.35. The Morgan fingerprint density at radius 1 is 1.06 bits per heavy atom. The minimum Gasteiger partial charge on any atom is -0.497 e. The summed E-state index contributed by atoms with van der Waals surface area (Å²) in [7, 11) is 1.14. The summed E-state index contributed by atoms with van der Waals surface area (Å²) in [4.78, 5) is 0. The van der Waals surface area contributed by atoms with E-state index < -0.39 is 41.6 Å². The normalized spacial score (nSPS) is 21.4. The van der Waals surface area contributed by atoms with E-state index in [4.69, 9.17) is 4.74 Å². The van der Waals surface area contributed by atoms with Gasteiger partial charge in [0.25, 0.3) is 0 Å². The first-order valence-electron chi connectivity index (χ1n) is 10.5. The maximum absolute atomic E-state index is 14.1. The molecule has 3 atom stereocenters. The van der Waals surface area contributed by atoms with E-state index in [-0.39, 0.29) is 17.5 Å². The molecular weight excluding hydrogens is 476 g/mol. The molecule has 186 valence electrons. The van der Waals surface area contributed by atoms with Crippen molar-refractivity contribution in [3.05, 3.63) is 77.9 Å². The summed E-state index contributed by atoms with van der Waals surface area (Å²) < 4.78 is 86.6. The van der Waals surface area contributed by atoms with Gasteiger partial charge in [-0.1, -0.05) is 36.4 Å². The summed E-state index contributed by atoms with van der Waals surface area (Å²) in [6.07, 6.45) is -4.40. The summed E-state index contributed by atoms with van der Waals surface area (Å²) in [5.74, 6) is -0.738. The van der Waals surface area contributed by atoms with Crippen LogP contribution in [0.1, 0.15) is 5.56 Å². The molecule has 2 aromatic carbocycles. The van der Waals surface area contributed by atoms with Crippen molar-refractivity contribution >= 4 is 17.6 Å². The maximum atomic E-state index is 14.1. The van der Waals surface area contributed by atoms with Crippen LogP contribution in [-0.2, 0) is 6.18 Å². The zero-order chi connectivity index (χ0) is 25.4. The van der Waals surface area contributed by atoms with Gasteiger partial charge in [-0.15, -0.1) is 0 Å². The fourth-order valence-corrected chi connectivity index (χ4v) is 3.97. The number of nitrogens with one attached hydrogen (secondary N) is 1. The highest BCUT2D eigenvalue weighted by Gasteiger charge is 2.56. The second kappa shape index (κ2) is 8.95. The third kappa shape index (κ3) is 4.86. The Labute approximate surface area is 197 Å². The van der Waals surface area contributed by atoms with E-state index in [9.17, 15) is 31.4 Å². The number of nitrogens with zero attached hydrogens (tertiary/aromatic N) is 2. The van der Waals surface area contributed by atoms with Crippen molar-refractivity contribution in [2.24, 2.45) is 11.0 Å². The van der Waals surface area contributed by atoms with Gasteiger partial charge in [-0.2, -0.15) is 31.4 Å². The van der Waals surface area contributed by atoms with Gasteiger partial charge in [0, 0.05) is 23.9 Å². The number of para-hydroxylation sites is 1. The molecule has 2 aromatic rings. The highest BCUT2D eigenvalue weighted by atomic mass is 19.4. The Morgan fingerprint density at radius 2 is 1.77 bits per heavy atom. The molecule has 1 aliphatic heterocycles. The van der Waals surface area contributed by atoms with Gasteiger partial charge >= 0.3 is 12.4 Å². The zero-order valence-electron chi connectivity index (χ0n) is 18.3. The molecule has 3 unspecified atom stereocenters. The van der Waals surface area contributed by atoms with Gasteiger partial charge in [0.2, 0.25) is 5.60 Å². The SMILES string of the molecule is COc1cc(NCC(O)(C2=CC3C=NN(c4ccccc4)C3C=C2)C(F)(F)F)cc(C(F)(F)F)c1. The summed E-state index contributed by atoms with van der Waals surface area (Å²) >= 11 is 0. The number of alkyl halides is 6. The molecule has 0 saturated carbocycles. The lowest BCUT2D eigenvalue weighted by Crippen LogP contribution is -2.52. The molecule has 0 spiro atoms. The first kappa shape index (κ1) is 24.6. The first-order chi connectivity index (χ1) is 16.4. The van der Waals surface area contributed by atoms with E-state index in [1.165, 1.54) is 24.4 Å². The number of benzene rings is 2. The molecule has 0 saturated heterocycles. The summed E-state index contributed by atoms with van der Waals surface area (Å²) in [6, 6.07) is 11.2. The van der Waals surface area contributed by atoms with Crippen LogP contribution in [0.15, 0.2) is 77.4 Å². The molecule has 1 heterocycles. The molecule has 4 rings (SSSR count). The van der Waals surface area contributed by atoms with Crippen LogP contribution in [-0.4, -0.2) is 42.8 Å². The summed E-state index contributed by atoms with van der Waals surface area (Å²) in [6.45, 7) is -1.12. The quantitative estimate of drug-likeness (QED) is 0.525. The zero-order valence-corrected chi connectivity index (χ0v) is 18.3. The minimum atomic E-state index is -5.12. The number of methoxy groups -OCH3 is 1. The van der Waals surface area contributed by atoms with E-state index in [0.717, 1.165) is 24.9 Å². The monoisotopic (exact) mass is 497 g/mol. The molecule has 0 aromatic heterocycles. The highest BCUT2D eigenvalue weighted by Crippen LogP contribution is 2.41. The molecule has 2 aliphatic rings. The Kier molecular flexibility index (Phi) is 6.31. The molecule has 2 N–H and O–H groups in total. The molecule has 11 heteroatoms. The summed E-state index contributed by atoms with van der Waals surface area (Å²) in [5.41, 5.74) is -4.43. The minimum absolute atomic E-state index is 0.194. The van der Waals surface area contributed by atoms with Gasteiger partial charge in [0.05, 0.1) is 30.9 Å². The lowest BCUT2D eigenvalue weighted by molar-refractivity contribution is -0.237. The first-order valence-corrected chi connectivity index (χ1v) is 10.5. The van der Waals surface area contributed by atoms with E-state index in [1.54, 1.807) is 5.01 Å². The van der Waals surface area contributed by atoms with Gasteiger partial charge in [-0.25, -0.2) is 0 Å².